The summed E-state index contributed by atoms with van der Waals surface area (Å²) in [6, 6.07) is 0. The van der Waals surface area contributed by atoms with Gasteiger partial charge in [0.2, 0.25) is 0 Å². The summed E-state index contributed by atoms with van der Waals surface area (Å²) in [5, 5.41) is 0. The molecule has 0 aromatic rings. The minimum Gasteiger partial charge on any atom is -0.373 e. The van der Waals surface area contributed by atoms with Crippen LogP contribution in [0, 0.1) is 4.58 Å². The van der Waals surface area contributed by atoms with Gasteiger partial charge in [0.25, 0.3) is 24.8 Å². The molecule has 0 aliphatic carbocycles. The third kappa shape index (κ3) is 3.19. The molecular weight excluding hydrogens is 224 g/mol. The summed E-state index contributed by atoms with van der Waals surface area (Å²) in [7, 11) is -9.76. The average molecular weight is 231 g/mol. The summed E-state index contributed by atoms with van der Waals surface area (Å²) in [5.41, 5.74) is 0. The fourth-order valence-corrected chi connectivity index (χ4v) is 2.57. The molecule has 1 rings (SSSR count). The summed E-state index contributed by atoms with van der Waals surface area (Å²) in [6.07, 6.45) is -1.09. The largest absolute Gasteiger partial charge is 0.373 e. The van der Waals surface area contributed by atoms with Crippen molar-refractivity contribution in [1.82, 2.24) is 0 Å². The van der Waals surface area contributed by atoms with Crippen LogP contribution in [0.1, 0.15) is 6.42 Å². The molecule has 13 heavy (non-hydrogen) atoms. The van der Waals surface area contributed by atoms with Crippen LogP contribution in [0.4, 0.5) is 0 Å². The highest BCUT2D eigenvalue weighted by Crippen LogP contribution is 2.28. The lowest BCUT2D eigenvalue weighted by atomic mass is 10.4. The summed E-state index contributed by atoms with van der Waals surface area (Å²) in [4.78, 5) is 0. The van der Waals surface area contributed by atoms with Crippen molar-refractivity contribution in [2.24, 2.45) is 0 Å². The highest BCUT2D eigenvalue weighted by atomic mass is 32.3. The van der Waals surface area contributed by atoms with Gasteiger partial charge in [-0.05, 0) is 0 Å². The van der Waals surface area contributed by atoms with E-state index >= 15 is 0 Å². The highest BCUT2D eigenvalue weighted by molar-refractivity contribution is 8.07. The van der Waals surface area contributed by atoms with Gasteiger partial charge in [-0.2, -0.15) is 16.8 Å². The first kappa shape index (κ1) is 10.9. The first-order valence-corrected chi connectivity index (χ1v) is 6.01. The van der Waals surface area contributed by atoms with E-state index in [1.54, 1.807) is 0 Å². The summed E-state index contributed by atoms with van der Waals surface area (Å²) in [6.45, 7) is 0.217. The van der Waals surface area contributed by atoms with Crippen LogP contribution >= 0.6 is 0 Å². The van der Waals surface area contributed by atoms with Crippen LogP contribution in [0.3, 0.4) is 0 Å². The summed E-state index contributed by atoms with van der Waals surface area (Å²) >= 11 is 0. The zero-order chi connectivity index (χ0) is 10.3. The molecule has 2 N–H and O–H groups in total. The van der Waals surface area contributed by atoms with Crippen LogP contribution in [-0.4, -0.2) is 38.7 Å². The second kappa shape index (κ2) is 3.17. The third-order valence-corrected chi connectivity index (χ3v) is 4.12. The summed E-state index contributed by atoms with van der Waals surface area (Å²) < 4.78 is 62.0. The Bertz CT molecular complexity index is 343. The van der Waals surface area contributed by atoms with Crippen LogP contribution in [0.25, 0.3) is 0 Å². The first-order chi connectivity index (χ1) is 5.71. The zero-order valence-electron chi connectivity index (χ0n) is 6.24. The molecule has 77 valence electrons. The molecule has 0 amide bonds. The highest BCUT2D eigenvalue weighted by Gasteiger charge is 2.42. The van der Waals surface area contributed by atoms with Crippen LogP contribution in [0.5, 0.6) is 0 Å². The Kier molecular flexibility index (Phi) is 2.65. The Morgan fingerprint density at radius 1 is 1.23 bits per heavy atom. The van der Waals surface area contributed by atoms with E-state index in [1.807, 2.05) is 0 Å². The van der Waals surface area contributed by atoms with Crippen molar-refractivity contribution < 1.29 is 30.7 Å². The van der Waals surface area contributed by atoms with E-state index in [4.69, 9.17) is 9.11 Å². The zero-order valence-corrected chi connectivity index (χ0v) is 7.88. The van der Waals surface area contributed by atoms with Gasteiger partial charge in [0.15, 0.2) is 0 Å². The minimum atomic E-state index is -4.88. The normalized spacial score (nSPS) is 23.5. The number of ether oxygens (including phenoxy) is 1. The SMILES string of the molecule is O=S(=O)(O)[C](CC1CO1)S(=O)(=O)O. The van der Waals surface area contributed by atoms with Crippen LogP contribution in [-0.2, 0) is 25.0 Å². The lowest BCUT2D eigenvalue weighted by Gasteiger charge is -2.06. The third-order valence-electron chi connectivity index (χ3n) is 1.37. The molecule has 1 aliphatic heterocycles. The standard InChI is InChI=1S/C4H7O7S2/c5-12(6,7)4(13(8,9)10)1-3-2-11-3/h3H,1-2H2,(H,5,6,7)(H,8,9,10). The van der Waals surface area contributed by atoms with E-state index in [9.17, 15) is 16.8 Å². The second-order valence-corrected chi connectivity index (χ2v) is 5.63. The first-order valence-electron chi connectivity index (χ1n) is 3.13. The van der Waals surface area contributed by atoms with Crippen molar-refractivity contribution in [2.45, 2.75) is 12.5 Å². The number of hydrogen-bond acceptors (Lipinski definition) is 5. The van der Waals surface area contributed by atoms with Gasteiger partial charge >= 0.3 is 0 Å². The quantitative estimate of drug-likeness (QED) is 0.472. The molecule has 1 heterocycles. The van der Waals surface area contributed by atoms with Gasteiger partial charge in [0.05, 0.1) is 12.7 Å². The predicted octanol–water partition coefficient (Wildman–Crippen LogP) is -0.960. The topological polar surface area (TPSA) is 121 Å². The minimum absolute atomic E-state index is 0.217. The molecule has 0 aromatic heterocycles. The Hall–Kier alpha value is -0.220. The van der Waals surface area contributed by atoms with Gasteiger partial charge in [0, 0.05) is 6.42 Å². The molecule has 1 saturated heterocycles. The molecule has 0 bridgehead atoms. The monoisotopic (exact) mass is 231 g/mol. The van der Waals surface area contributed by atoms with Crippen molar-refractivity contribution in [3.05, 3.63) is 4.58 Å². The maximum atomic E-state index is 10.5. The van der Waals surface area contributed by atoms with Crippen molar-refractivity contribution in [3.63, 3.8) is 0 Å². The van der Waals surface area contributed by atoms with Gasteiger partial charge < -0.3 is 4.74 Å². The van der Waals surface area contributed by atoms with Gasteiger partial charge in [-0.3, -0.25) is 9.11 Å². The van der Waals surface area contributed by atoms with E-state index in [1.165, 1.54) is 0 Å². The molecular formula is C4H7O7S2. The van der Waals surface area contributed by atoms with Crippen molar-refractivity contribution in [2.75, 3.05) is 6.61 Å². The molecule has 0 aromatic carbocycles. The van der Waals surface area contributed by atoms with Crippen LogP contribution in [0.2, 0.25) is 0 Å². The maximum absolute atomic E-state index is 10.5. The fraction of sp³-hybridized carbons (Fsp3) is 0.750. The fourth-order valence-electron chi connectivity index (χ4n) is 0.715. The number of epoxide rings is 1. The molecule has 1 radical (unpaired) electrons. The van der Waals surface area contributed by atoms with Crippen molar-refractivity contribution in [3.8, 4) is 0 Å². The van der Waals surface area contributed by atoms with Gasteiger partial charge in [0.1, 0.15) is 0 Å². The van der Waals surface area contributed by atoms with E-state index in [2.05, 4.69) is 4.74 Å². The molecule has 1 aliphatic rings. The molecule has 7 nitrogen and oxygen atoms in total. The average Bonchev–Trinajstić information content (AvgIpc) is 2.58. The molecule has 0 saturated carbocycles. The van der Waals surface area contributed by atoms with E-state index < -0.39 is 37.3 Å². The predicted molar refractivity (Wildman–Crippen MR) is 40.7 cm³/mol. The molecule has 9 heteroatoms. The Balaban J connectivity index is 2.88. The lowest BCUT2D eigenvalue weighted by molar-refractivity contribution is 0.399. The number of rotatable bonds is 4. The van der Waals surface area contributed by atoms with Gasteiger partial charge in [-0.1, -0.05) is 0 Å². The molecule has 0 spiro atoms. The Morgan fingerprint density at radius 3 is 1.85 bits per heavy atom. The van der Waals surface area contributed by atoms with Gasteiger partial charge in [-0.15, -0.1) is 0 Å². The second-order valence-electron chi connectivity index (χ2n) is 2.48. The lowest BCUT2D eigenvalue weighted by Crippen LogP contribution is -2.22. The Labute approximate surface area is 75.2 Å². The maximum Gasteiger partial charge on any atom is 0.290 e. The number of hydrogen-bond donors (Lipinski definition) is 2. The van der Waals surface area contributed by atoms with Crippen molar-refractivity contribution >= 4 is 20.2 Å². The van der Waals surface area contributed by atoms with Gasteiger partial charge in [-0.25, -0.2) is 0 Å². The van der Waals surface area contributed by atoms with E-state index in [0.29, 0.717) is 0 Å². The smallest absolute Gasteiger partial charge is 0.290 e. The van der Waals surface area contributed by atoms with Crippen LogP contribution in [0.15, 0.2) is 0 Å². The molecule has 1 unspecified atom stereocenters. The van der Waals surface area contributed by atoms with Crippen LogP contribution < -0.4 is 0 Å². The van der Waals surface area contributed by atoms with E-state index in [-0.39, 0.29) is 6.61 Å². The van der Waals surface area contributed by atoms with E-state index in [0.717, 1.165) is 0 Å². The Morgan fingerprint density at radius 2 is 1.62 bits per heavy atom. The van der Waals surface area contributed by atoms with Crippen molar-refractivity contribution in [1.29, 1.82) is 0 Å². The summed E-state index contributed by atoms with van der Waals surface area (Å²) in [5.74, 6) is 0. The molecule has 1 atom stereocenters. The molecule has 1 fully saturated rings.